The number of rotatable bonds is 4. The largest absolute Gasteiger partial charge is 0.481 e. The molecular formula is C18H23N5O2. The summed E-state index contributed by atoms with van der Waals surface area (Å²) >= 11 is 0. The van der Waals surface area contributed by atoms with Gasteiger partial charge in [0.25, 0.3) is 0 Å². The number of pyridine rings is 1. The molecule has 1 aliphatic heterocycles. The number of amides is 1. The Morgan fingerprint density at radius 1 is 1.12 bits per heavy atom. The average molecular weight is 341 g/mol. The van der Waals surface area contributed by atoms with Gasteiger partial charge in [0.1, 0.15) is 0 Å². The highest BCUT2D eigenvalue weighted by Crippen LogP contribution is 2.17. The number of hydrogen-bond donors (Lipinski definition) is 0. The van der Waals surface area contributed by atoms with Gasteiger partial charge in [-0.1, -0.05) is 6.07 Å². The second-order valence-corrected chi connectivity index (χ2v) is 6.20. The molecule has 0 spiro atoms. The van der Waals surface area contributed by atoms with Crippen molar-refractivity contribution in [2.45, 2.75) is 20.3 Å². The number of nitrogens with zero attached hydrogens (tertiary/aromatic N) is 5. The molecule has 132 valence electrons. The van der Waals surface area contributed by atoms with E-state index in [2.05, 4.69) is 19.9 Å². The maximum absolute atomic E-state index is 12.5. The van der Waals surface area contributed by atoms with Crippen molar-refractivity contribution in [3.05, 3.63) is 41.3 Å². The van der Waals surface area contributed by atoms with E-state index in [0.717, 1.165) is 17.0 Å². The number of ether oxygens (including phenoxy) is 1. The summed E-state index contributed by atoms with van der Waals surface area (Å²) in [5.41, 5.74) is 2.77. The third-order valence-electron chi connectivity index (χ3n) is 4.27. The van der Waals surface area contributed by atoms with E-state index in [9.17, 15) is 4.79 Å². The van der Waals surface area contributed by atoms with Crippen molar-refractivity contribution in [1.82, 2.24) is 19.9 Å². The fourth-order valence-corrected chi connectivity index (χ4v) is 2.82. The quantitative estimate of drug-likeness (QED) is 0.837. The maximum Gasteiger partial charge on any atom is 0.228 e. The molecule has 25 heavy (non-hydrogen) atoms. The highest BCUT2D eigenvalue weighted by Gasteiger charge is 2.23. The Labute approximate surface area is 147 Å². The van der Waals surface area contributed by atoms with Gasteiger partial charge in [0.2, 0.25) is 17.7 Å². The van der Waals surface area contributed by atoms with Crippen molar-refractivity contribution in [2.75, 3.05) is 38.2 Å². The number of piperazine rings is 1. The van der Waals surface area contributed by atoms with Crippen LogP contribution in [0.2, 0.25) is 0 Å². The van der Waals surface area contributed by atoms with Crippen molar-refractivity contribution in [3.8, 4) is 5.88 Å². The first kappa shape index (κ1) is 17.1. The highest BCUT2D eigenvalue weighted by molar-refractivity contribution is 5.79. The number of carbonyl (C=O) groups excluding carboxylic acids is 1. The fraction of sp³-hybridized carbons (Fsp3) is 0.444. The van der Waals surface area contributed by atoms with Gasteiger partial charge < -0.3 is 14.5 Å². The summed E-state index contributed by atoms with van der Waals surface area (Å²) in [6, 6.07) is 5.70. The number of aromatic nitrogens is 3. The predicted molar refractivity (Wildman–Crippen MR) is 94.8 cm³/mol. The van der Waals surface area contributed by atoms with Gasteiger partial charge in [-0.15, -0.1) is 0 Å². The van der Waals surface area contributed by atoms with E-state index in [1.807, 2.05) is 30.9 Å². The van der Waals surface area contributed by atoms with Gasteiger partial charge in [-0.05, 0) is 25.5 Å². The molecule has 0 aromatic carbocycles. The van der Waals surface area contributed by atoms with Gasteiger partial charge in [0.15, 0.2) is 0 Å². The van der Waals surface area contributed by atoms with Crippen molar-refractivity contribution >= 4 is 11.9 Å². The van der Waals surface area contributed by atoms with Crippen LogP contribution in [0, 0.1) is 13.8 Å². The van der Waals surface area contributed by atoms with Crippen LogP contribution in [0.25, 0.3) is 0 Å². The van der Waals surface area contributed by atoms with E-state index in [4.69, 9.17) is 4.74 Å². The van der Waals surface area contributed by atoms with E-state index in [0.29, 0.717) is 44.4 Å². The van der Waals surface area contributed by atoms with E-state index < -0.39 is 0 Å². The van der Waals surface area contributed by atoms with Crippen LogP contribution in [0.1, 0.15) is 17.0 Å². The molecule has 0 aliphatic carbocycles. The molecule has 0 radical (unpaired) electrons. The Hall–Kier alpha value is -2.70. The molecule has 7 nitrogen and oxygen atoms in total. The Bertz CT molecular complexity index is 740. The summed E-state index contributed by atoms with van der Waals surface area (Å²) in [4.78, 5) is 29.6. The summed E-state index contributed by atoms with van der Waals surface area (Å²) in [6.45, 7) is 6.61. The molecule has 0 saturated carbocycles. The zero-order valence-electron chi connectivity index (χ0n) is 14.9. The van der Waals surface area contributed by atoms with Crippen LogP contribution >= 0.6 is 0 Å². The molecule has 0 unspecified atom stereocenters. The second kappa shape index (κ2) is 7.46. The molecule has 1 fully saturated rings. The number of aryl methyl sites for hydroxylation is 2. The lowest BCUT2D eigenvalue weighted by Crippen LogP contribution is -2.49. The number of carbonyl (C=O) groups is 1. The number of anilines is 1. The van der Waals surface area contributed by atoms with Crippen LogP contribution in [0.5, 0.6) is 5.88 Å². The van der Waals surface area contributed by atoms with E-state index >= 15 is 0 Å². The highest BCUT2D eigenvalue weighted by atomic mass is 16.5. The third-order valence-corrected chi connectivity index (χ3v) is 4.27. The van der Waals surface area contributed by atoms with Gasteiger partial charge >= 0.3 is 0 Å². The van der Waals surface area contributed by atoms with Crippen LogP contribution in [0.4, 0.5) is 5.95 Å². The molecule has 0 bridgehead atoms. The molecule has 1 amide bonds. The fourth-order valence-electron chi connectivity index (χ4n) is 2.82. The molecule has 2 aromatic heterocycles. The van der Waals surface area contributed by atoms with Gasteiger partial charge in [0, 0.05) is 49.8 Å². The summed E-state index contributed by atoms with van der Waals surface area (Å²) < 4.78 is 5.21. The molecule has 1 aliphatic rings. The molecule has 2 aromatic rings. The topological polar surface area (TPSA) is 71.5 Å². The first-order valence-corrected chi connectivity index (χ1v) is 8.39. The molecule has 0 atom stereocenters. The Morgan fingerprint density at radius 2 is 1.88 bits per heavy atom. The maximum atomic E-state index is 12.5. The van der Waals surface area contributed by atoms with E-state index in [1.54, 1.807) is 19.4 Å². The monoisotopic (exact) mass is 341 g/mol. The van der Waals surface area contributed by atoms with E-state index in [1.165, 1.54) is 0 Å². The average Bonchev–Trinajstić information content (AvgIpc) is 2.63. The smallest absolute Gasteiger partial charge is 0.228 e. The first-order valence-electron chi connectivity index (χ1n) is 8.39. The zero-order chi connectivity index (χ0) is 17.8. The van der Waals surface area contributed by atoms with Crippen LogP contribution < -0.4 is 9.64 Å². The molecule has 0 N–H and O–H groups in total. The van der Waals surface area contributed by atoms with E-state index in [-0.39, 0.29) is 5.91 Å². The Morgan fingerprint density at radius 3 is 2.52 bits per heavy atom. The standard InChI is InChI=1S/C18H23N5O2/c1-13-4-5-15(12-19-13)11-17(24)22-6-8-23(9-7-22)18-20-14(2)10-16(21-18)25-3/h4-5,10,12H,6-9,11H2,1-3H3. The van der Waals surface area contributed by atoms with Gasteiger partial charge in [0.05, 0.1) is 13.5 Å². The minimum Gasteiger partial charge on any atom is -0.481 e. The summed E-state index contributed by atoms with van der Waals surface area (Å²) in [5, 5.41) is 0. The minimum atomic E-state index is 0.132. The Kier molecular flexibility index (Phi) is 5.11. The van der Waals surface area contributed by atoms with Crippen LogP contribution in [0.15, 0.2) is 24.4 Å². The minimum absolute atomic E-state index is 0.132. The summed E-state index contributed by atoms with van der Waals surface area (Å²) in [6.07, 6.45) is 2.17. The molecule has 7 heteroatoms. The van der Waals surface area contributed by atoms with Gasteiger partial charge in [-0.25, -0.2) is 4.98 Å². The zero-order valence-corrected chi connectivity index (χ0v) is 14.9. The van der Waals surface area contributed by atoms with Crippen molar-refractivity contribution in [1.29, 1.82) is 0 Å². The lowest BCUT2D eigenvalue weighted by atomic mass is 10.1. The number of hydrogen-bond acceptors (Lipinski definition) is 6. The van der Waals surface area contributed by atoms with Crippen molar-refractivity contribution in [3.63, 3.8) is 0 Å². The van der Waals surface area contributed by atoms with Crippen molar-refractivity contribution in [2.24, 2.45) is 0 Å². The SMILES string of the molecule is COc1cc(C)nc(N2CCN(C(=O)Cc3ccc(C)nc3)CC2)n1. The predicted octanol–water partition coefficient (Wildman–Crippen LogP) is 1.39. The molecule has 3 rings (SSSR count). The third kappa shape index (κ3) is 4.23. The lowest BCUT2D eigenvalue weighted by Gasteiger charge is -2.35. The number of methoxy groups -OCH3 is 1. The molecule has 1 saturated heterocycles. The molecule has 3 heterocycles. The summed E-state index contributed by atoms with van der Waals surface area (Å²) in [7, 11) is 1.60. The summed E-state index contributed by atoms with van der Waals surface area (Å²) in [5.74, 6) is 1.35. The normalized spacial score (nSPS) is 14.5. The Balaban J connectivity index is 1.58. The second-order valence-electron chi connectivity index (χ2n) is 6.20. The van der Waals surface area contributed by atoms with Gasteiger partial charge in [-0.2, -0.15) is 4.98 Å². The van der Waals surface area contributed by atoms with Crippen LogP contribution in [0.3, 0.4) is 0 Å². The van der Waals surface area contributed by atoms with Gasteiger partial charge in [-0.3, -0.25) is 9.78 Å². The van der Waals surface area contributed by atoms with Crippen molar-refractivity contribution < 1.29 is 9.53 Å². The van der Waals surface area contributed by atoms with Crippen LogP contribution in [-0.4, -0.2) is 59.0 Å². The molecular weight excluding hydrogens is 318 g/mol. The lowest BCUT2D eigenvalue weighted by molar-refractivity contribution is -0.130. The van der Waals surface area contributed by atoms with Crippen LogP contribution in [-0.2, 0) is 11.2 Å². The first-order chi connectivity index (χ1) is 12.0.